The molecule has 0 radical (unpaired) electrons. The lowest BCUT2D eigenvalue weighted by molar-refractivity contribution is -0.115. The summed E-state index contributed by atoms with van der Waals surface area (Å²) in [4.78, 5) is 27.8. The maximum absolute atomic E-state index is 11.8. The Morgan fingerprint density at radius 3 is 2.69 bits per heavy atom. The van der Waals surface area contributed by atoms with Gasteiger partial charge in [-0.2, -0.15) is 0 Å². The molecule has 0 aliphatic carbocycles. The third-order valence-corrected chi connectivity index (χ3v) is 4.34. The molecule has 1 aromatic rings. The van der Waals surface area contributed by atoms with Crippen LogP contribution < -0.4 is 21.7 Å². The second-order valence-electron chi connectivity index (χ2n) is 7.63. The molecular weight excluding hydrogens is 394 g/mol. The van der Waals surface area contributed by atoms with E-state index < -0.39 is 17.6 Å². The van der Waals surface area contributed by atoms with Crippen LogP contribution in [-0.4, -0.2) is 35.4 Å². The lowest BCUT2D eigenvalue weighted by Gasteiger charge is -2.24. The van der Waals surface area contributed by atoms with Gasteiger partial charge in [0, 0.05) is 12.2 Å². The number of benzene rings is 1. The molecule has 9 heteroatoms. The summed E-state index contributed by atoms with van der Waals surface area (Å²) in [6, 6.07) is 7.30. The van der Waals surface area contributed by atoms with Gasteiger partial charge in [-0.25, -0.2) is 9.79 Å². The highest BCUT2D eigenvalue weighted by Gasteiger charge is 2.25. The van der Waals surface area contributed by atoms with Gasteiger partial charge in [-0.05, 0) is 51.3 Å². The fourth-order valence-electron chi connectivity index (χ4n) is 2.66. The SMILES string of the molecule is CCC1NC(C(N)=O)=C(Nc2cccc(CCNC(=O)OC(C)(C)C)c2)N=C1Cl. The number of ether oxygens (including phenoxy) is 1. The number of nitrogens with two attached hydrogens (primary N) is 1. The summed E-state index contributed by atoms with van der Waals surface area (Å²) in [6.07, 6.45) is 0.828. The summed E-state index contributed by atoms with van der Waals surface area (Å²) >= 11 is 6.20. The number of halogens is 1. The topological polar surface area (TPSA) is 118 Å². The van der Waals surface area contributed by atoms with Crippen molar-refractivity contribution in [2.45, 2.75) is 52.2 Å². The van der Waals surface area contributed by atoms with E-state index in [2.05, 4.69) is 20.9 Å². The zero-order valence-corrected chi connectivity index (χ0v) is 17.9. The molecule has 0 saturated heterocycles. The molecular formula is C20H28ClN5O3. The van der Waals surface area contributed by atoms with Crippen molar-refractivity contribution in [1.82, 2.24) is 10.6 Å². The van der Waals surface area contributed by atoms with Gasteiger partial charge in [0.05, 0.1) is 6.04 Å². The van der Waals surface area contributed by atoms with Crippen LogP contribution in [0.4, 0.5) is 10.5 Å². The van der Waals surface area contributed by atoms with Gasteiger partial charge in [0.2, 0.25) is 0 Å². The quantitative estimate of drug-likeness (QED) is 0.540. The van der Waals surface area contributed by atoms with Crippen LogP contribution in [-0.2, 0) is 16.0 Å². The van der Waals surface area contributed by atoms with E-state index in [-0.39, 0.29) is 17.6 Å². The van der Waals surface area contributed by atoms with E-state index in [1.54, 1.807) is 0 Å². The van der Waals surface area contributed by atoms with Crippen LogP contribution in [0.5, 0.6) is 0 Å². The zero-order chi connectivity index (χ0) is 21.6. The summed E-state index contributed by atoms with van der Waals surface area (Å²) in [5.41, 5.74) is 6.84. The van der Waals surface area contributed by atoms with Crippen LogP contribution in [0.3, 0.4) is 0 Å². The molecule has 0 aromatic heterocycles. The number of anilines is 1. The van der Waals surface area contributed by atoms with Gasteiger partial charge in [0.1, 0.15) is 16.5 Å². The van der Waals surface area contributed by atoms with Crippen molar-refractivity contribution < 1.29 is 14.3 Å². The Morgan fingerprint density at radius 2 is 2.07 bits per heavy atom. The van der Waals surface area contributed by atoms with E-state index in [4.69, 9.17) is 22.1 Å². The molecule has 0 fully saturated rings. The number of carbonyl (C=O) groups is 2. The van der Waals surface area contributed by atoms with E-state index in [0.29, 0.717) is 24.6 Å². The average Bonchev–Trinajstić information content (AvgIpc) is 2.60. The fraction of sp³-hybridized carbons (Fsp3) is 0.450. The zero-order valence-electron chi connectivity index (χ0n) is 17.1. The van der Waals surface area contributed by atoms with Gasteiger partial charge in [-0.15, -0.1) is 0 Å². The molecule has 1 unspecified atom stereocenters. The molecule has 5 N–H and O–H groups in total. The maximum Gasteiger partial charge on any atom is 0.407 e. The molecule has 0 spiro atoms. The summed E-state index contributed by atoms with van der Waals surface area (Å²) in [5, 5.41) is 9.20. The summed E-state index contributed by atoms with van der Waals surface area (Å²) in [6.45, 7) is 7.80. The van der Waals surface area contributed by atoms with Crippen molar-refractivity contribution in [1.29, 1.82) is 0 Å². The monoisotopic (exact) mass is 421 g/mol. The number of primary amides is 1. The molecule has 1 heterocycles. The van der Waals surface area contributed by atoms with Gasteiger partial charge in [0.25, 0.3) is 5.91 Å². The van der Waals surface area contributed by atoms with Gasteiger partial charge < -0.3 is 26.4 Å². The number of amides is 2. The van der Waals surface area contributed by atoms with Gasteiger partial charge in [-0.3, -0.25) is 4.79 Å². The molecule has 158 valence electrons. The highest BCUT2D eigenvalue weighted by atomic mass is 35.5. The van der Waals surface area contributed by atoms with Crippen LogP contribution >= 0.6 is 11.6 Å². The molecule has 1 aliphatic heterocycles. The van der Waals surface area contributed by atoms with Crippen molar-refractivity contribution in [3.8, 4) is 0 Å². The number of nitrogens with one attached hydrogen (secondary N) is 3. The lowest BCUT2D eigenvalue weighted by atomic mass is 10.1. The number of carbonyl (C=O) groups excluding carboxylic acids is 2. The molecule has 1 aliphatic rings. The standard InChI is InChI=1S/C20H28ClN5O3/c1-5-14-16(21)26-18(15(25-14)17(22)27)24-13-8-6-7-12(11-13)9-10-23-19(28)29-20(2,3)4/h6-8,11,14,24-25H,5,9-10H2,1-4H3,(H2,22,27)(H,23,28). The normalized spacial score (nSPS) is 16.6. The fourth-order valence-corrected chi connectivity index (χ4v) is 2.95. The third kappa shape index (κ3) is 6.98. The van der Waals surface area contributed by atoms with Crippen LogP contribution in [0.15, 0.2) is 40.8 Å². The Morgan fingerprint density at radius 1 is 1.34 bits per heavy atom. The van der Waals surface area contributed by atoms with Crippen LogP contribution in [0.2, 0.25) is 0 Å². The number of alkyl carbamates (subject to hydrolysis) is 1. The second kappa shape index (κ2) is 9.65. The van der Waals surface area contributed by atoms with E-state index >= 15 is 0 Å². The van der Waals surface area contributed by atoms with Crippen LogP contribution in [0, 0.1) is 0 Å². The largest absolute Gasteiger partial charge is 0.444 e. The first-order chi connectivity index (χ1) is 13.6. The van der Waals surface area contributed by atoms with E-state index in [0.717, 1.165) is 11.3 Å². The van der Waals surface area contributed by atoms with Crippen LogP contribution in [0.25, 0.3) is 0 Å². The van der Waals surface area contributed by atoms with Crippen molar-refractivity contribution >= 4 is 34.5 Å². The van der Waals surface area contributed by atoms with Crippen molar-refractivity contribution in [3.63, 3.8) is 0 Å². The second-order valence-corrected chi connectivity index (χ2v) is 8.02. The molecule has 0 saturated carbocycles. The maximum atomic E-state index is 11.8. The smallest absolute Gasteiger partial charge is 0.407 e. The molecule has 2 amide bonds. The van der Waals surface area contributed by atoms with E-state index in [1.807, 2.05) is 52.0 Å². The Labute approximate surface area is 175 Å². The molecule has 1 aromatic carbocycles. The molecule has 8 nitrogen and oxygen atoms in total. The number of hydrogen-bond acceptors (Lipinski definition) is 6. The predicted molar refractivity (Wildman–Crippen MR) is 115 cm³/mol. The first kappa shape index (κ1) is 22.5. The average molecular weight is 422 g/mol. The predicted octanol–water partition coefficient (Wildman–Crippen LogP) is 2.84. The van der Waals surface area contributed by atoms with Crippen molar-refractivity contribution in [2.75, 3.05) is 11.9 Å². The van der Waals surface area contributed by atoms with Gasteiger partial charge in [0.15, 0.2) is 5.82 Å². The van der Waals surface area contributed by atoms with Crippen LogP contribution in [0.1, 0.15) is 39.7 Å². The highest BCUT2D eigenvalue weighted by Crippen LogP contribution is 2.20. The molecule has 0 bridgehead atoms. The van der Waals surface area contributed by atoms with E-state index in [1.165, 1.54) is 0 Å². The summed E-state index contributed by atoms with van der Waals surface area (Å²) in [7, 11) is 0. The Hall–Kier alpha value is -2.74. The molecule has 2 rings (SSSR count). The highest BCUT2D eigenvalue weighted by molar-refractivity contribution is 6.67. The number of aliphatic imine (C=N–C) groups is 1. The Bertz CT molecular complexity index is 830. The molecule has 29 heavy (non-hydrogen) atoms. The van der Waals surface area contributed by atoms with Crippen molar-refractivity contribution in [2.24, 2.45) is 10.7 Å². The summed E-state index contributed by atoms with van der Waals surface area (Å²) in [5.74, 6) is -0.340. The third-order valence-electron chi connectivity index (χ3n) is 3.99. The van der Waals surface area contributed by atoms with Gasteiger partial charge >= 0.3 is 6.09 Å². The first-order valence-corrected chi connectivity index (χ1v) is 9.84. The number of hydrogen-bond donors (Lipinski definition) is 4. The minimum absolute atomic E-state index is 0.193. The van der Waals surface area contributed by atoms with Crippen molar-refractivity contribution in [3.05, 3.63) is 41.3 Å². The Kier molecular flexibility index (Phi) is 7.50. The number of nitrogens with zero attached hydrogens (tertiary/aromatic N) is 1. The Balaban J connectivity index is 2.04. The minimum Gasteiger partial charge on any atom is -0.444 e. The first-order valence-electron chi connectivity index (χ1n) is 9.46. The minimum atomic E-state index is -0.614. The van der Waals surface area contributed by atoms with E-state index in [9.17, 15) is 9.59 Å². The number of rotatable bonds is 7. The lowest BCUT2D eigenvalue weighted by Crippen LogP contribution is -2.42. The summed E-state index contributed by atoms with van der Waals surface area (Å²) < 4.78 is 5.22. The van der Waals surface area contributed by atoms with Gasteiger partial charge in [-0.1, -0.05) is 30.7 Å². The molecule has 1 atom stereocenters.